The van der Waals surface area contributed by atoms with Crippen LogP contribution in [-0.4, -0.2) is 51.2 Å². The van der Waals surface area contributed by atoms with Gasteiger partial charge in [0.1, 0.15) is 18.3 Å². The van der Waals surface area contributed by atoms with Gasteiger partial charge >= 0.3 is 12.2 Å². The second-order valence-corrected chi connectivity index (χ2v) is 9.85. The van der Waals surface area contributed by atoms with Crippen LogP contribution >= 0.6 is 0 Å². The average molecular weight is 471 g/mol. The van der Waals surface area contributed by atoms with E-state index in [2.05, 4.69) is 17.2 Å². The Hall–Kier alpha value is -2.59. The fourth-order valence-corrected chi connectivity index (χ4v) is 3.41. The van der Waals surface area contributed by atoms with Crippen molar-refractivity contribution in [3.63, 3.8) is 0 Å². The molecule has 2 atom stereocenters. The van der Waals surface area contributed by atoms with Gasteiger partial charge in [0, 0.05) is 6.54 Å². The zero-order valence-electron chi connectivity index (χ0n) is 19.1. The Labute approximate surface area is 190 Å². The quantitative estimate of drug-likeness (QED) is 0.272. The number of benzene rings is 1. The first-order chi connectivity index (χ1) is 14.9. The standard InChI is InChI=1S/C22H34N2O7S/c1-6-11-19(31-32(5,27)28)18(14-10-15-23-20(25)30-22(2,3)4)24-21(26)29-16-17-12-8-7-9-13-17/h6-9,12-13,18-19H,1,10-11,14-16H2,2-5H3,(H,23,25)(H,24,26)/t18-,19+/m0/s1. The van der Waals surface area contributed by atoms with Crippen LogP contribution < -0.4 is 10.6 Å². The highest BCUT2D eigenvalue weighted by Gasteiger charge is 2.27. The summed E-state index contributed by atoms with van der Waals surface area (Å²) in [6, 6.07) is 8.47. The van der Waals surface area contributed by atoms with E-state index in [1.165, 1.54) is 6.08 Å². The van der Waals surface area contributed by atoms with Gasteiger partial charge in [-0.05, 0) is 45.6 Å². The van der Waals surface area contributed by atoms with E-state index in [-0.39, 0.29) is 19.6 Å². The van der Waals surface area contributed by atoms with Crippen LogP contribution in [0.25, 0.3) is 0 Å². The molecule has 0 aliphatic heterocycles. The number of hydrogen-bond acceptors (Lipinski definition) is 7. The number of amides is 2. The molecule has 1 rings (SSSR count). The summed E-state index contributed by atoms with van der Waals surface area (Å²) >= 11 is 0. The van der Waals surface area contributed by atoms with Crippen LogP contribution in [0.2, 0.25) is 0 Å². The van der Waals surface area contributed by atoms with Gasteiger partial charge in [-0.15, -0.1) is 6.58 Å². The van der Waals surface area contributed by atoms with Crippen LogP contribution in [0, 0.1) is 0 Å². The van der Waals surface area contributed by atoms with E-state index in [1.54, 1.807) is 20.8 Å². The number of nitrogens with one attached hydrogen (secondary N) is 2. The zero-order chi connectivity index (χ0) is 24.2. The SMILES string of the molecule is C=CC[C@@H](OS(C)(=O)=O)[C@H](CCCNC(=O)OC(C)(C)C)NC(=O)OCc1ccccc1. The highest BCUT2D eigenvalue weighted by Crippen LogP contribution is 2.14. The fourth-order valence-electron chi connectivity index (χ4n) is 2.75. The van der Waals surface area contributed by atoms with Crippen LogP contribution in [-0.2, 0) is 30.4 Å². The van der Waals surface area contributed by atoms with Gasteiger partial charge in [0.15, 0.2) is 0 Å². The maximum Gasteiger partial charge on any atom is 0.407 e. The predicted octanol–water partition coefficient (Wildman–Crippen LogP) is 3.51. The first-order valence-electron chi connectivity index (χ1n) is 10.3. The van der Waals surface area contributed by atoms with Crippen LogP contribution in [0.4, 0.5) is 9.59 Å². The summed E-state index contributed by atoms with van der Waals surface area (Å²) in [5.74, 6) is 0. The molecule has 0 saturated heterocycles. The van der Waals surface area contributed by atoms with Gasteiger partial charge in [0.2, 0.25) is 0 Å². The Balaban J connectivity index is 2.72. The lowest BCUT2D eigenvalue weighted by atomic mass is 10.0. The van der Waals surface area contributed by atoms with Crippen LogP contribution in [0.1, 0.15) is 45.6 Å². The molecule has 9 nitrogen and oxygen atoms in total. The summed E-state index contributed by atoms with van der Waals surface area (Å²) in [5, 5.41) is 5.31. The summed E-state index contributed by atoms with van der Waals surface area (Å²) in [4.78, 5) is 24.1. The maximum atomic E-state index is 12.3. The summed E-state index contributed by atoms with van der Waals surface area (Å²) < 4.78 is 39.0. The second kappa shape index (κ2) is 13.1. The largest absolute Gasteiger partial charge is 0.445 e. The number of rotatable bonds is 12. The van der Waals surface area contributed by atoms with Crippen molar-refractivity contribution in [1.82, 2.24) is 10.6 Å². The molecular weight excluding hydrogens is 436 g/mol. The first-order valence-corrected chi connectivity index (χ1v) is 12.1. The number of ether oxygens (including phenoxy) is 2. The molecule has 1 aromatic rings. The number of carbonyl (C=O) groups is 2. The van der Waals surface area contributed by atoms with Gasteiger partial charge in [0.25, 0.3) is 10.1 Å². The van der Waals surface area contributed by atoms with E-state index in [1.807, 2.05) is 30.3 Å². The van der Waals surface area contributed by atoms with Gasteiger partial charge in [-0.3, -0.25) is 4.18 Å². The van der Waals surface area contributed by atoms with E-state index in [9.17, 15) is 18.0 Å². The monoisotopic (exact) mass is 470 g/mol. The first kappa shape index (κ1) is 27.4. The van der Waals surface area contributed by atoms with Crippen LogP contribution in [0.5, 0.6) is 0 Å². The molecule has 0 aliphatic carbocycles. The second-order valence-electron chi connectivity index (χ2n) is 8.25. The summed E-state index contributed by atoms with van der Waals surface area (Å²) in [5.41, 5.74) is 0.200. The smallest absolute Gasteiger partial charge is 0.407 e. The van der Waals surface area contributed by atoms with Crippen molar-refractivity contribution < 1.29 is 31.7 Å². The van der Waals surface area contributed by atoms with E-state index in [0.29, 0.717) is 12.8 Å². The molecule has 0 aromatic heterocycles. The predicted molar refractivity (Wildman–Crippen MR) is 122 cm³/mol. The number of carbonyl (C=O) groups excluding carboxylic acids is 2. The maximum absolute atomic E-state index is 12.3. The minimum atomic E-state index is -3.78. The van der Waals surface area contributed by atoms with Gasteiger partial charge in [0.05, 0.1) is 12.3 Å². The summed E-state index contributed by atoms with van der Waals surface area (Å²) in [6.45, 7) is 9.25. The molecule has 0 aliphatic rings. The third-order valence-electron chi connectivity index (χ3n) is 4.02. The molecule has 180 valence electrons. The molecular formula is C22H34N2O7S. The van der Waals surface area contributed by atoms with Gasteiger partial charge in [-0.2, -0.15) is 8.42 Å². The van der Waals surface area contributed by atoms with Crippen molar-refractivity contribution in [1.29, 1.82) is 0 Å². The van der Waals surface area contributed by atoms with Crippen molar-refractivity contribution in [2.24, 2.45) is 0 Å². The lowest BCUT2D eigenvalue weighted by Crippen LogP contribution is -2.45. The van der Waals surface area contributed by atoms with E-state index in [4.69, 9.17) is 13.7 Å². The van der Waals surface area contributed by atoms with Crippen LogP contribution in [0.15, 0.2) is 43.0 Å². The Morgan fingerprint density at radius 1 is 1.16 bits per heavy atom. The third kappa shape index (κ3) is 13.0. The lowest BCUT2D eigenvalue weighted by molar-refractivity contribution is 0.0525. The highest BCUT2D eigenvalue weighted by atomic mass is 32.2. The molecule has 0 unspecified atom stereocenters. The Morgan fingerprint density at radius 2 is 1.81 bits per heavy atom. The Morgan fingerprint density at radius 3 is 2.38 bits per heavy atom. The molecule has 2 amide bonds. The lowest BCUT2D eigenvalue weighted by Gasteiger charge is -2.26. The molecule has 10 heteroatoms. The minimum absolute atomic E-state index is 0.0681. The molecule has 1 aromatic carbocycles. The van der Waals surface area contributed by atoms with E-state index >= 15 is 0 Å². The van der Waals surface area contributed by atoms with Gasteiger partial charge in [-0.25, -0.2) is 9.59 Å². The van der Waals surface area contributed by atoms with Crippen molar-refractivity contribution in [2.45, 2.75) is 64.4 Å². The van der Waals surface area contributed by atoms with Gasteiger partial charge < -0.3 is 20.1 Å². The summed E-state index contributed by atoms with van der Waals surface area (Å²) in [7, 11) is -3.78. The molecule has 0 radical (unpaired) electrons. The zero-order valence-corrected chi connectivity index (χ0v) is 19.9. The van der Waals surface area contributed by atoms with Crippen molar-refractivity contribution >= 4 is 22.3 Å². The third-order valence-corrected chi connectivity index (χ3v) is 4.62. The molecule has 2 N–H and O–H groups in total. The molecule has 0 heterocycles. The molecule has 0 spiro atoms. The van der Waals surface area contributed by atoms with Crippen molar-refractivity contribution in [2.75, 3.05) is 12.8 Å². The van der Waals surface area contributed by atoms with Crippen molar-refractivity contribution in [3.8, 4) is 0 Å². The topological polar surface area (TPSA) is 120 Å². The van der Waals surface area contributed by atoms with E-state index < -0.39 is 40.1 Å². The van der Waals surface area contributed by atoms with Gasteiger partial charge in [-0.1, -0.05) is 36.4 Å². The fraction of sp³-hybridized carbons (Fsp3) is 0.545. The van der Waals surface area contributed by atoms with E-state index in [0.717, 1.165) is 11.8 Å². The summed E-state index contributed by atoms with van der Waals surface area (Å²) in [6.07, 6.45) is 1.28. The number of alkyl carbamates (subject to hydrolysis) is 2. The van der Waals surface area contributed by atoms with Crippen molar-refractivity contribution in [3.05, 3.63) is 48.6 Å². The molecule has 0 bridgehead atoms. The van der Waals surface area contributed by atoms with Crippen LogP contribution in [0.3, 0.4) is 0 Å². The highest BCUT2D eigenvalue weighted by molar-refractivity contribution is 7.86. The minimum Gasteiger partial charge on any atom is -0.445 e. The Kier molecular flexibility index (Phi) is 11.2. The molecule has 0 saturated carbocycles. The normalized spacial score (nSPS) is 13.5. The Bertz CT molecular complexity index is 836. The number of hydrogen-bond donors (Lipinski definition) is 2. The average Bonchev–Trinajstić information content (AvgIpc) is 2.67. The molecule has 32 heavy (non-hydrogen) atoms. The molecule has 0 fully saturated rings.